The van der Waals surface area contributed by atoms with E-state index in [4.69, 9.17) is 0 Å². The van der Waals surface area contributed by atoms with Crippen LogP contribution in [0.25, 0.3) is 0 Å². The van der Waals surface area contributed by atoms with Gasteiger partial charge in [0, 0.05) is 39.1 Å². The minimum Gasteiger partial charge on any atom is -0.480 e. The average Bonchev–Trinajstić information content (AvgIpc) is 2.69. The molecule has 0 radical (unpaired) electrons. The molecule has 0 saturated carbocycles. The SMILES string of the molecule is O=C(O)[C@@H](Cc1ccccc1)NC(=O)N1CCN(Cc2ccccc2)CC1. The lowest BCUT2D eigenvalue weighted by Gasteiger charge is -2.35. The Morgan fingerprint density at radius 2 is 1.44 bits per heavy atom. The highest BCUT2D eigenvalue weighted by Gasteiger charge is 2.26. The van der Waals surface area contributed by atoms with Crippen LogP contribution in [0.2, 0.25) is 0 Å². The minimum atomic E-state index is -1.02. The summed E-state index contributed by atoms with van der Waals surface area (Å²) in [6.45, 7) is 3.60. The molecule has 0 aliphatic carbocycles. The fourth-order valence-electron chi connectivity index (χ4n) is 3.24. The summed E-state index contributed by atoms with van der Waals surface area (Å²) in [5.41, 5.74) is 2.14. The van der Waals surface area contributed by atoms with Crippen molar-refractivity contribution in [3.05, 3.63) is 71.8 Å². The predicted octanol–water partition coefficient (Wildman–Crippen LogP) is 2.21. The zero-order valence-electron chi connectivity index (χ0n) is 15.3. The molecule has 1 fully saturated rings. The van der Waals surface area contributed by atoms with Crippen LogP contribution in [0.4, 0.5) is 4.79 Å². The number of urea groups is 1. The maximum Gasteiger partial charge on any atom is 0.326 e. The number of aliphatic carboxylic acids is 1. The van der Waals surface area contributed by atoms with Crippen LogP contribution < -0.4 is 5.32 Å². The third-order valence-electron chi connectivity index (χ3n) is 4.79. The van der Waals surface area contributed by atoms with Gasteiger partial charge in [-0.25, -0.2) is 9.59 Å². The summed E-state index contributed by atoms with van der Waals surface area (Å²) < 4.78 is 0. The van der Waals surface area contributed by atoms with Crippen LogP contribution >= 0.6 is 0 Å². The molecule has 142 valence electrons. The first-order valence-corrected chi connectivity index (χ1v) is 9.20. The van der Waals surface area contributed by atoms with Gasteiger partial charge in [0.25, 0.3) is 0 Å². The second kappa shape index (κ2) is 9.19. The second-order valence-corrected chi connectivity index (χ2v) is 6.78. The van der Waals surface area contributed by atoms with E-state index < -0.39 is 12.0 Å². The van der Waals surface area contributed by atoms with E-state index >= 15 is 0 Å². The summed E-state index contributed by atoms with van der Waals surface area (Å²) in [5.74, 6) is -1.02. The Kier molecular flexibility index (Phi) is 6.44. The van der Waals surface area contributed by atoms with Crippen molar-refractivity contribution in [2.45, 2.75) is 19.0 Å². The van der Waals surface area contributed by atoms with Crippen molar-refractivity contribution in [1.82, 2.24) is 15.1 Å². The maximum atomic E-state index is 12.5. The third kappa shape index (κ3) is 5.56. The van der Waals surface area contributed by atoms with Crippen molar-refractivity contribution in [3.63, 3.8) is 0 Å². The van der Waals surface area contributed by atoms with Gasteiger partial charge in [-0.15, -0.1) is 0 Å². The first kappa shape index (κ1) is 18.9. The lowest BCUT2D eigenvalue weighted by Crippen LogP contribution is -2.54. The van der Waals surface area contributed by atoms with Crippen LogP contribution in [0.5, 0.6) is 0 Å². The molecule has 2 aromatic carbocycles. The Hall–Kier alpha value is -2.86. The molecule has 2 amide bonds. The largest absolute Gasteiger partial charge is 0.480 e. The van der Waals surface area contributed by atoms with E-state index in [0.717, 1.165) is 25.2 Å². The Balaban J connectivity index is 1.49. The molecule has 0 bridgehead atoms. The van der Waals surface area contributed by atoms with Crippen molar-refractivity contribution in [2.24, 2.45) is 0 Å². The minimum absolute atomic E-state index is 0.274. The number of rotatable bonds is 6. The van der Waals surface area contributed by atoms with E-state index in [2.05, 4.69) is 22.3 Å². The number of carbonyl (C=O) groups excluding carboxylic acids is 1. The standard InChI is InChI=1S/C21H25N3O3/c25-20(26)19(15-17-7-3-1-4-8-17)22-21(27)24-13-11-23(12-14-24)16-18-9-5-2-6-10-18/h1-10,19H,11-16H2,(H,22,27)(H,25,26)/t19-/m1/s1. The number of hydrogen-bond acceptors (Lipinski definition) is 3. The summed E-state index contributed by atoms with van der Waals surface area (Å²) in [6.07, 6.45) is 0.274. The molecule has 6 heteroatoms. The number of amides is 2. The normalized spacial score (nSPS) is 15.9. The lowest BCUT2D eigenvalue weighted by molar-refractivity contribution is -0.139. The maximum absolute atomic E-state index is 12.5. The number of carboxylic acid groups (broad SMARTS) is 1. The van der Waals surface area contributed by atoms with Crippen molar-refractivity contribution in [3.8, 4) is 0 Å². The monoisotopic (exact) mass is 367 g/mol. The predicted molar refractivity (Wildman–Crippen MR) is 103 cm³/mol. The van der Waals surface area contributed by atoms with Crippen LogP contribution in [0.1, 0.15) is 11.1 Å². The van der Waals surface area contributed by atoms with Crippen molar-refractivity contribution in [1.29, 1.82) is 0 Å². The summed E-state index contributed by atoms with van der Waals surface area (Å²) >= 11 is 0. The van der Waals surface area contributed by atoms with Crippen LogP contribution in [0.3, 0.4) is 0 Å². The zero-order chi connectivity index (χ0) is 19.1. The molecular formula is C21H25N3O3. The van der Waals surface area contributed by atoms with Gasteiger partial charge in [-0.2, -0.15) is 0 Å². The van der Waals surface area contributed by atoms with Crippen molar-refractivity contribution >= 4 is 12.0 Å². The smallest absolute Gasteiger partial charge is 0.326 e. The molecule has 0 unspecified atom stereocenters. The molecule has 0 spiro atoms. The first-order chi connectivity index (χ1) is 13.1. The van der Waals surface area contributed by atoms with Gasteiger partial charge < -0.3 is 15.3 Å². The molecule has 27 heavy (non-hydrogen) atoms. The summed E-state index contributed by atoms with van der Waals surface area (Å²) in [7, 11) is 0. The molecule has 1 aliphatic heterocycles. The molecule has 3 rings (SSSR count). The summed E-state index contributed by atoms with van der Waals surface area (Å²) in [5, 5.41) is 12.1. The van der Waals surface area contributed by atoms with E-state index in [9.17, 15) is 14.7 Å². The van der Waals surface area contributed by atoms with Crippen molar-refractivity contribution < 1.29 is 14.7 Å². The summed E-state index contributed by atoms with van der Waals surface area (Å²) in [4.78, 5) is 28.0. The van der Waals surface area contributed by atoms with Crippen LogP contribution in [-0.2, 0) is 17.8 Å². The van der Waals surface area contributed by atoms with E-state index in [1.54, 1.807) is 4.90 Å². The van der Waals surface area contributed by atoms with Crippen LogP contribution in [0, 0.1) is 0 Å². The topological polar surface area (TPSA) is 72.9 Å². The highest BCUT2D eigenvalue weighted by Crippen LogP contribution is 2.09. The number of benzene rings is 2. The van der Waals surface area contributed by atoms with E-state index in [0.29, 0.717) is 13.1 Å². The van der Waals surface area contributed by atoms with Gasteiger partial charge in [0.1, 0.15) is 6.04 Å². The first-order valence-electron chi connectivity index (χ1n) is 9.20. The molecule has 2 aromatic rings. The van der Waals surface area contributed by atoms with Gasteiger partial charge >= 0.3 is 12.0 Å². The molecule has 1 aliphatic rings. The number of hydrogen-bond donors (Lipinski definition) is 2. The zero-order valence-corrected chi connectivity index (χ0v) is 15.3. The Bertz CT molecular complexity index is 744. The number of carbonyl (C=O) groups is 2. The Labute approximate surface area is 159 Å². The average molecular weight is 367 g/mol. The third-order valence-corrected chi connectivity index (χ3v) is 4.79. The van der Waals surface area contributed by atoms with Gasteiger partial charge in [0.15, 0.2) is 0 Å². The summed E-state index contributed by atoms with van der Waals surface area (Å²) in [6, 6.07) is 18.3. The quantitative estimate of drug-likeness (QED) is 0.821. The molecular weight excluding hydrogens is 342 g/mol. The van der Waals surface area contributed by atoms with E-state index in [-0.39, 0.29) is 12.5 Å². The molecule has 1 saturated heterocycles. The van der Waals surface area contributed by atoms with Crippen LogP contribution in [0.15, 0.2) is 60.7 Å². The van der Waals surface area contributed by atoms with Gasteiger partial charge in [-0.1, -0.05) is 60.7 Å². The van der Waals surface area contributed by atoms with Gasteiger partial charge in [-0.05, 0) is 11.1 Å². The van der Waals surface area contributed by atoms with E-state index in [1.165, 1.54) is 5.56 Å². The second-order valence-electron chi connectivity index (χ2n) is 6.78. The lowest BCUT2D eigenvalue weighted by atomic mass is 10.1. The molecule has 2 N–H and O–H groups in total. The highest BCUT2D eigenvalue weighted by atomic mass is 16.4. The van der Waals surface area contributed by atoms with Crippen LogP contribution in [-0.4, -0.2) is 59.1 Å². The number of carboxylic acids is 1. The number of nitrogens with one attached hydrogen (secondary N) is 1. The van der Waals surface area contributed by atoms with Gasteiger partial charge in [0.05, 0.1) is 0 Å². The Morgan fingerprint density at radius 3 is 2.00 bits per heavy atom. The van der Waals surface area contributed by atoms with Crippen molar-refractivity contribution in [2.75, 3.05) is 26.2 Å². The van der Waals surface area contributed by atoms with E-state index in [1.807, 2.05) is 48.5 Å². The van der Waals surface area contributed by atoms with Gasteiger partial charge in [-0.3, -0.25) is 4.90 Å². The molecule has 1 atom stereocenters. The fraction of sp³-hybridized carbons (Fsp3) is 0.333. The van der Waals surface area contributed by atoms with Gasteiger partial charge in [0.2, 0.25) is 0 Å². The highest BCUT2D eigenvalue weighted by molar-refractivity contribution is 5.82. The molecule has 1 heterocycles. The molecule has 0 aromatic heterocycles. The number of nitrogens with zero attached hydrogens (tertiary/aromatic N) is 2. The molecule has 6 nitrogen and oxygen atoms in total. The fourth-order valence-corrected chi connectivity index (χ4v) is 3.24. The number of piperazine rings is 1. The Morgan fingerprint density at radius 1 is 0.889 bits per heavy atom.